The van der Waals surface area contributed by atoms with Gasteiger partial charge in [0.1, 0.15) is 5.71 Å². The van der Waals surface area contributed by atoms with E-state index < -0.39 is 5.97 Å². The van der Waals surface area contributed by atoms with E-state index in [-0.39, 0.29) is 17.9 Å². The van der Waals surface area contributed by atoms with Gasteiger partial charge in [-0.15, -0.1) is 0 Å². The first-order valence-corrected chi connectivity index (χ1v) is 4.99. The molecule has 0 atom stereocenters. The summed E-state index contributed by atoms with van der Waals surface area (Å²) >= 11 is 0. The second-order valence-corrected chi connectivity index (χ2v) is 3.19. The van der Waals surface area contributed by atoms with Crippen LogP contribution in [0, 0.1) is 0 Å². The van der Waals surface area contributed by atoms with Gasteiger partial charge in [0.15, 0.2) is 0 Å². The van der Waals surface area contributed by atoms with Crippen LogP contribution in [0.25, 0.3) is 0 Å². The van der Waals surface area contributed by atoms with Crippen molar-refractivity contribution in [1.82, 2.24) is 0 Å². The van der Waals surface area contributed by atoms with Crippen molar-refractivity contribution in [3.05, 3.63) is 35.9 Å². The van der Waals surface area contributed by atoms with Gasteiger partial charge >= 0.3 is 5.97 Å². The number of carbonyl (C=O) groups is 2. The lowest BCUT2D eigenvalue weighted by Gasteiger charge is -1.99. The van der Waals surface area contributed by atoms with Crippen LogP contribution in [0.1, 0.15) is 30.6 Å². The molecule has 0 spiro atoms. The summed E-state index contributed by atoms with van der Waals surface area (Å²) in [6.07, 6.45) is 0.232. The van der Waals surface area contributed by atoms with Crippen molar-refractivity contribution in [2.24, 2.45) is 5.16 Å². The van der Waals surface area contributed by atoms with Crippen LogP contribution in [-0.2, 0) is 9.63 Å². The van der Waals surface area contributed by atoms with E-state index in [1.807, 2.05) is 6.07 Å². The SMILES string of the molecule is CCC(=O)ON=C(C)C(=O)c1ccccc1. The summed E-state index contributed by atoms with van der Waals surface area (Å²) in [6.45, 7) is 3.17. The van der Waals surface area contributed by atoms with Crippen LogP contribution >= 0.6 is 0 Å². The topological polar surface area (TPSA) is 55.7 Å². The standard InChI is InChI=1S/C12H13NO3/c1-3-11(14)16-13-9(2)12(15)10-7-5-4-6-8-10/h4-8H,3H2,1-2H3. The van der Waals surface area contributed by atoms with Crippen LogP contribution in [0.2, 0.25) is 0 Å². The first-order valence-electron chi connectivity index (χ1n) is 4.99. The van der Waals surface area contributed by atoms with E-state index in [1.54, 1.807) is 31.2 Å². The average Bonchev–Trinajstić information content (AvgIpc) is 2.35. The Kier molecular flexibility index (Phi) is 4.39. The Balaban J connectivity index is 2.71. The quantitative estimate of drug-likeness (QED) is 0.337. The fourth-order valence-electron chi connectivity index (χ4n) is 1.02. The molecule has 4 nitrogen and oxygen atoms in total. The predicted octanol–water partition coefficient (Wildman–Crippen LogP) is 2.20. The van der Waals surface area contributed by atoms with Crippen molar-refractivity contribution in [2.45, 2.75) is 20.3 Å². The third-order valence-corrected chi connectivity index (χ3v) is 1.94. The molecular weight excluding hydrogens is 206 g/mol. The Bertz CT molecular complexity index is 410. The molecule has 84 valence electrons. The number of benzene rings is 1. The van der Waals surface area contributed by atoms with Gasteiger partial charge in [0.25, 0.3) is 0 Å². The van der Waals surface area contributed by atoms with E-state index in [9.17, 15) is 9.59 Å². The van der Waals surface area contributed by atoms with Gasteiger partial charge in [-0.1, -0.05) is 42.4 Å². The molecule has 0 N–H and O–H groups in total. The van der Waals surface area contributed by atoms with E-state index in [2.05, 4.69) is 9.99 Å². The molecule has 0 saturated heterocycles. The molecule has 0 heterocycles. The molecule has 0 aliphatic rings. The summed E-state index contributed by atoms with van der Waals surface area (Å²) in [4.78, 5) is 27.1. The van der Waals surface area contributed by atoms with Gasteiger partial charge in [0.05, 0.1) is 0 Å². The third kappa shape index (κ3) is 3.31. The minimum atomic E-state index is -0.458. The highest BCUT2D eigenvalue weighted by Crippen LogP contribution is 2.02. The minimum absolute atomic E-state index is 0.160. The number of oxime groups is 1. The van der Waals surface area contributed by atoms with Crippen molar-refractivity contribution >= 4 is 17.5 Å². The van der Waals surface area contributed by atoms with Crippen LogP contribution in [0.4, 0.5) is 0 Å². The summed E-state index contributed by atoms with van der Waals surface area (Å²) in [5.41, 5.74) is 0.685. The first-order chi connectivity index (χ1) is 7.65. The molecule has 0 unspecified atom stereocenters. The zero-order chi connectivity index (χ0) is 12.0. The summed E-state index contributed by atoms with van der Waals surface area (Å²) in [7, 11) is 0. The monoisotopic (exact) mass is 219 g/mol. The number of ketones is 1. The van der Waals surface area contributed by atoms with E-state index >= 15 is 0 Å². The normalized spacial score (nSPS) is 11.0. The molecule has 4 heteroatoms. The van der Waals surface area contributed by atoms with Crippen LogP contribution in [0.3, 0.4) is 0 Å². The summed E-state index contributed by atoms with van der Waals surface area (Å²) < 4.78 is 0. The van der Waals surface area contributed by atoms with Gasteiger partial charge in [0.2, 0.25) is 5.78 Å². The zero-order valence-electron chi connectivity index (χ0n) is 9.27. The second-order valence-electron chi connectivity index (χ2n) is 3.19. The molecule has 1 aromatic carbocycles. The van der Waals surface area contributed by atoms with Gasteiger partial charge in [-0.05, 0) is 6.92 Å². The predicted molar refractivity (Wildman–Crippen MR) is 60.3 cm³/mol. The maximum Gasteiger partial charge on any atom is 0.334 e. The third-order valence-electron chi connectivity index (χ3n) is 1.94. The van der Waals surface area contributed by atoms with Gasteiger partial charge in [-0.2, -0.15) is 0 Å². The molecule has 0 bridgehead atoms. The number of hydrogen-bond acceptors (Lipinski definition) is 4. The smallest absolute Gasteiger partial charge is 0.318 e. The summed E-state index contributed by atoms with van der Waals surface area (Å²) in [6, 6.07) is 8.71. The molecule has 0 aliphatic carbocycles. The number of rotatable bonds is 4. The van der Waals surface area contributed by atoms with Crippen molar-refractivity contribution in [1.29, 1.82) is 0 Å². The maximum absolute atomic E-state index is 11.7. The van der Waals surface area contributed by atoms with Gasteiger partial charge in [-0.25, -0.2) is 4.79 Å². The fourth-order valence-corrected chi connectivity index (χ4v) is 1.02. The maximum atomic E-state index is 11.7. The number of Topliss-reactive ketones (excluding diaryl/α,β-unsaturated/α-hetero) is 1. The van der Waals surface area contributed by atoms with E-state index in [0.29, 0.717) is 5.56 Å². The molecule has 0 saturated carbocycles. The van der Waals surface area contributed by atoms with Gasteiger partial charge in [-0.3, -0.25) is 4.79 Å². The molecule has 1 aromatic rings. The highest BCUT2D eigenvalue weighted by molar-refractivity contribution is 6.45. The molecule has 0 aromatic heterocycles. The largest absolute Gasteiger partial charge is 0.334 e. The molecule has 0 amide bonds. The first kappa shape index (κ1) is 12.1. The number of hydrogen-bond donors (Lipinski definition) is 0. The van der Waals surface area contributed by atoms with E-state index in [4.69, 9.17) is 0 Å². The second kappa shape index (κ2) is 5.80. The lowest BCUT2D eigenvalue weighted by atomic mass is 10.1. The Labute approximate surface area is 93.9 Å². The Hall–Kier alpha value is -1.97. The lowest BCUT2D eigenvalue weighted by Crippen LogP contribution is -2.12. The molecule has 0 fully saturated rings. The molecule has 1 rings (SSSR count). The highest BCUT2D eigenvalue weighted by Gasteiger charge is 2.10. The van der Waals surface area contributed by atoms with Crippen molar-refractivity contribution in [3.63, 3.8) is 0 Å². The Morgan fingerprint density at radius 1 is 1.25 bits per heavy atom. The van der Waals surface area contributed by atoms with Crippen molar-refractivity contribution in [2.75, 3.05) is 0 Å². The molecule has 16 heavy (non-hydrogen) atoms. The van der Waals surface area contributed by atoms with Crippen molar-refractivity contribution in [3.8, 4) is 0 Å². The average molecular weight is 219 g/mol. The summed E-state index contributed by atoms with van der Waals surface area (Å²) in [5.74, 6) is -0.704. The Morgan fingerprint density at radius 2 is 1.88 bits per heavy atom. The van der Waals surface area contributed by atoms with Crippen LogP contribution in [0.15, 0.2) is 35.5 Å². The van der Waals surface area contributed by atoms with Crippen LogP contribution in [-0.4, -0.2) is 17.5 Å². The van der Waals surface area contributed by atoms with E-state index in [0.717, 1.165) is 0 Å². The lowest BCUT2D eigenvalue weighted by molar-refractivity contribution is -0.143. The number of nitrogens with zero attached hydrogens (tertiary/aromatic N) is 1. The highest BCUT2D eigenvalue weighted by atomic mass is 16.7. The minimum Gasteiger partial charge on any atom is -0.318 e. The number of carbonyl (C=O) groups excluding carboxylic acids is 2. The fraction of sp³-hybridized carbons (Fsp3) is 0.250. The molecule has 0 radical (unpaired) electrons. The summed E-state index contributed by atoms with van der Waals surface area (Å²) in [5, 5.41) is 3.49. The van der Waals surface area contributed by atoms with Crippen LogP contribution < -0.4 is 0 Å². The molecular formula is C12H13NO3. The van der Waals surface area contributed by atoms with Gasteiger partial charge < -0.3 is 4.84 Å². The van der Waals surface area contributed by atoms with Crippen LogP contribution in [0.5, 0.6) is 0 Å². The Morgan fingerprint density at radius 3 is 2.44 bits per heavy atom. The zero-order valence-corrected chi connectivity index (χ0v) is 9.27. The van der Waals surface area contributed by atoms with Crippen molar-refractivity contribution < 1.29 is 14.4 Å². The van der Waals surface area contributed by atoms with Gasteiger partial charge in [0, 0.05) is 12.0 Å². The molecule has 0 aliphatic heterocycles. The van der Waals surface area contributed by atoms with E-state index in [1.165, 1.54) is 6.92 Å².